The van der Waals surface area contributed by atoms with E-state index in [-0.39, 0.29) is 22.7 Å². The molecule has 24 heavy (non-hydrogen) atoms. The molecular formula is C15H12N4O5. The van der Waals surface area contributed by atoms with Gasteiger partial charge in [0, 0.05) is 17.3 Å². The summed E-state index contributed by atoms with van der Waals surface area (Å²) in [5, 5.41) is 13.6. The molecule has 0 atom stereocenters. The van der Waals surface area contributed by atoms with Gasteiger partial charge >= 0.3 is 11.4 Å². The van der Waals surface area contributed by atoms with Crippen LogP contribution in [0.2, 0.25) is 0 Å². The number of imidazole rings is 1. The SMILES string of the molecule is COc1ccc(C(=O)Nc2ccc3[nH]c(=O)[nH]c3c2)cc1[N+](=O)[O-]. The summed E-state index contributed by atoms with van der Waals surface area (Å²) >= 11 is 0. The quantitative estimate of drug-likeness (QED) is 0.498. The first-order chi connectivity index (χ1) is 11.5. The second kappa shape index (κ2) is 5.88. The maximum absolute atomic E-state index is 12.3. The van der Waals surface area contributed by atoms with Crippen LogP contribution in [0.15, 0.2) is 41.2 Å². The van der Waals surface area contributed by atoms with Crippen LogP contribution < -0.4 is 15.7 Å². The number of hydrogen-bond donors (Lipinski definition) is 3. The van der Waals surface area contributed by atoms with Gasteiger partial charge < -0.3 is 20.0 Å². The van der Waals surface area contributed by atoms with Crippen molar-refractivity contribution in [1.29, 1.82) is 0 Å². The van der Waals surface area contributed by atoms with Gasteiger partial charge in [0.1, 0.15) is 0 Å². The van der Waals surface area contributed by atoms with Gasteiger partial charge in [-0.25, -0.2) is 4.79 Å². The Morgan fingerprint density at radius 1 is 1.17 bits per heavy atom. The van der Waals surface area contributed by atoms with Gasteiger partial charge in [0.05, 0.1) is 23.1 Å². The summed E-state index contributed by atoms with van der Waals surface area (Å²) < 4.78 is 4.90. The number of aromatic amines is 2. The molecule has 9 nitrogen and oxygen atoms in total. The fourth-order valence-corrected chi connectivity index (χ4v) is 2.29. The molecule has 122 valence electrons. The zero-order chi connectivity index (χ0) is 17.3. The van der Waals surface area contributed by atoms with Gasteiger partial charge in [-0.05, 0) is 30.3 Å². The van der Waals surface area contributed by atoms with Crippen LogP contribution in [0.5, 0.6) is 5.75 Å². The lowest BCUT2D eigenvalue weighted by atomic mass is 10.1. The van der Waals surface area contributed by atoms with Crippen LogP contribution in [0, 0.1) is 10.1 Å². The van der Waals surface area contributed by atoms with Crippen LogP contribution in [-0.2, 0) is 0 Å². The number of nitro groups is 1. The van der Waals surface area contributed by atoms with E-state index in [9.17, 15) is 19.7 Å². The highest BCUT2D eigenvalue weighted by Gasteiger charge is 2.18. The van der Waals surface area contributed by atoms with E-state index in [0.29, 0.717) is 16.7 Å². The maximum atomic E-state index is 12.3. The molecule has 2 aromatic carbocycles. The Balaban J connectivity index is 1.89. The van der Waals surface area contributed by atoms with Crippen LogP contribution in [0.3, 0.4) is 0 Å². The maximum Gasteiger partial charge on any atom is 0.323 e. The number of nitrogens with zero attached hydrogens (tertiary/aromatic N) is 1. The highest BCUT2D eigenvalue weighted by atomic mass is 16.6. The average molecular weight is 328 g/mol. The number of carbonyl (C=O) groups is 1. The topological polar surface area (TPSA) is 130 Å². The number of hydrogen-bond acceptors (Lipinski definition) is 5. The highest BCUT2D eigenvalue weighted by molar-refractivity contribution is 6.05. The molecule has 0 bridgehead atoms. The Hall–Kier alpha value is -3.62. The lowest BCUT2D eigenvalue weighted by Gasteiger charge is -2.07. The van der Waals surface area contributed by atoms with Crippen LogP contribution in [0.4, 0.5) is 11.4 Å². The van der Waals surface area contributed by atoms with Crippen molar-refractivity contribution >= 4 is 28.3 Å². The normalized spacial score (nSPS) is 10.5. The van der Waals surface area contributed by atoms with Crippen molar-refractivity contribution in [1.82, 2.24) is 9.97 Å². The predicted octanol–water partition coefficient (Wildman–Crippen LogP) is 2.03. The molecule has 3 rings (SSSR count). The second-order valence-corrected chi connectivity index (χ2v) is 4.94. The van der Waals surface area contributed by atoms with Crippen LogP contribution >= 0.6 is 0 Å². The van der Waals surface area contributed by atoms with Crippen molar-refractivity contribution in [3.63, 3.8) is 0 Å². The number of fused-ring (bicyclic) bond motifs is 1. The third kappa shape index (κ3) is 2.82. The molecule has 1 aromatic heterocycles. The third-order valence-corrected chi connectivity index (χ3v) is 3.41. The Kier molecular flexibility index (Phi) is 3.74. The summed E-state index contributed by atoms with van der Waals surface area (Å²) in [7, 11) is 1.31. The van der Waals surface area contributed by atoms with Crippen molar-refractivity contribution < 1.29 is 14.5 Å². The number of anilines is 1. The van der Waals surface area contributed by atoms with Crippen molar-refractivity contribution in [3.8, 4) is 5.75 Å². The first-order valence-corrected chi connectivity index (χ1v) is 6.84. The van der Waals surface area contributed by atoms with E-state index in [1.165, 1.54) is 19.2 Å². The molecule has 0 radical (unpaired) electrons. The molecule has 0 aliphatic heterocycles. The summed E-state index contributed by atoms with van der Waals surface area (Å²) in [6.45, 7) is 0. The zero-order valence-corrected chi connectivity index (χ0v) is 12.5. The Labute approximate surface area is 134 Å². The molecule has 1 amide bonds. The van der Waals surface area contributed by atoms with E-state index in [4.69, 9.17) is 4.74 Å². The van der Waals surface area contributed by atoms with Gasteiger partial charge in [-0.2, -0.15) is 0 Å². The van der Waals surface area contributed by atoms with E-state index in [1.54, 1.807) is 18.2 Å². The van der Waals surface area contributed by atoms with Crippen molar-refractivity contribution in [3.05, 3.63) is 62.6 Å². The fourth-order valence-electron chi connectivity index (χ4n) is 2.29. The van der Waals surface area contributed by atoms with Crippen LogP contribution in [-0.4, -0.2) is 27.9 Å². The number of ether oxygens (including phenoxy) is 1. The van der Waals surface area contributed by atoms with E-state index < -0.39 is 10.8 Å². The second-order valence-electron chi connectivity index (χ2n) is 4.94. The molecule has 0 unspecified atom stereocenters. The molecule has 0 fully saturated rings. The average Bonchev–Trinajstić information content (AvgIpc) is 2.93. The number of H-pyrrole nitrogens is 2. The Morgan fingerprint density at radius 3 is 2.62 bits per heavy atom. The van der Waals surface area contributed by atoms with Crippen molar-refractivity contribution in [2.24, 2.45) is 0 Å². The van der Waals surface area contributed by atoms with Crippen LogP contribution in [0.1, 0.15) is 10.4 Å². The largest absolute Gasteiger partial charge is 0.490 e. The summed E-state index contributed by atoms with van der Waals surface area (Å²) in [6.07, 6.45) is 0. The fraction of sp³-hybridized carbons (Fsp3) is 0.0667. The minimum absolute atomic E-state index is 0.0721. The lowest BCUT2D eigenvalue weighted by Crippen LogP contribution is -2.12. The molecule has 3 aromatic rings. The summed E-state index contributed by atoms with van der Waals surface area (Å²) in [4.78, 5) is 39.1. The molecule has 0 saturated carbocycles. The molecule has 9 heteroatoms. The third-order valence-electron chi connectivity index (χ3n) is 3.41. The van der Waals surface area contributed by atoms with Gasteiger partial charge in [-0.3, -0.25) is 14.9 Å². The Bertz CT molecular complexity index is 1000. The van der Waals surface area contributed by atoms with E-state index in [0.717, 1.165) is 6.07 Å². The van der Waals surface area contributed by atoms with Gasteiger partial charge in [-0.15, -0.1) is 0 Å². The van der Waals surface area contributed by atoms with Crippen molar-refractivity contribution in [2.45, 2.75) is 0 Å². The zero-order valence-electron chi connectivity index (χ0n) is 12.5. The van der Waals surface area contributed by atoms with E-state index in [2.05, 4.69) is 15.3 Å². The Morgan fingerprint density at radius 2 is 1.92 bits per heavy atom. The number of methoxy groups -OCH3 is 1. The number of aromatic nitrogens is 2. The van der Waals surface area contributed by atoms with Gasteiger partial charge in [0.15, 0.2) is 5.75 Å². The molecule has 0 saturated heterocycles. The first kappa shape index (κ1) is 15.3. The summed E-state index contributed by atoms with van der Waals surface area (Å²) in [5.41, 5.74) is 1.07. The number of benzene rings is 2. The van der Waals surface area contributed by atoms with E-state index >= 15 is 0 Å². The number of nitrogens with one attached hydrogen (secondary N) is 3. The minimum Gasteiger partial charge on any atom is -0.490 e. The number of rotatable bonds is 4. The van der Waals surface area contributed by atoms with Gasteiger partial charge in [-0.1, -0.05) is 0 Å². The van der Waals surface area contributed by atoms with Gasteiger partial charge in [0.25, 0.3) is 5.91 Å². The predicted molar refractivity (Wildman–Crippen MR) is 86.5 cm³/mol. The smallest absolute Gasteiger partial charge is 0.323 e. The standard InChI is InChI=1S/C15H12N4O5/c1-24-13-5-2-8(6-12(13)19(22)23)14(20)16-9-3-4-10-11(7-9)18-15(21)17-10/h2-7H,1H3,(H,16,20)(H2,17,18,21). The summed E-state index contributed by atoms with van der Waals surface area (Å²) in [5.74, 6) is -0.444. The molecule has 1 heterocycles. The van der Waals surface area contributed by atoms with Crippen LogP contribution in [0.25, 0.3) is 11.0 Å². The lowest BCUT2D eigenvalue weighted by molar-refractivity contribution is -0.385. The monoisotopic (exact) mass is 328 g/mol. The van der Waals surface area contributed by atoms with Crippen molar-refractivity contribution in [2.75, 3.05) is 12.4 Å². The first-order valence-electron chi connectivity index (χ1n) is 6.84. The molecular weight excluding hydrogens is 316 g/mol. The minimum atomic E-state index is -0.619. The number of amides is 1. The molecule has 0 aliphatic carbocycles. The van der Waals surface area contributed by atoms with Gasteiger partial charge in [0.2, 0.25) is 0 Å². The highest BCUT2D eigenvalue weighted by Crippen LogP contribution is 2.28. The van der Waals surface area contributed by atoms with E-state index in [1.807, 2.05) is 0 Å². The number of nitro benzene ring substituents is 1. The number of carbonyl (C=O) groups excluding carboxylic acids is 1. The molecule has 3 N–H and O–H groups in total. The molecule has 0 spiro atoms. The molecule has 0 aliphatic rings. The summed E-state index contributed by atoms with van der Waals surface area (Å²) in [6, 6.07) is 8.77.